The van der Waals surface area contributed by atoms with Crippen molar-refractivity contribution in [3.05, 3.63) is 97.5 Å². The standard InChI is InChI=1S/C19H14ClN5O6S/c20-14-5-7-15(8-6-14)23-32(30,31)19-11-16(24(26)27)9-10-17(19)22-21-12-13-3-1-2-4-18(13)25(28)29/h1-12,22-23H/b21-12+. The highest BCUT2D eigenvalue weighted by molar-refractivity contribution is 7.92. The zero-order chi connectivity index (χ0) is 23.3. The number of hydrazone groups is 1. The maximum atomic E-state index is 12.9. The van der Waals surface area contributed by atoms with Crippen LogP contribution in [0.25, 0.3) is 0 Å². The molecule has 0 amide bonds. The largest absolute Gasteiger partial charge is 0.280 e. The van der Waals surface area contributed by atoms with E-state index in [1.807, 2.05) is 0 Å². The summed E-state index contributed by atoms with van der Waals surface area (Å²) in [6.07, 6.45) is 1.14. The molecule has 3 rings (SSSR count). The Morgan fingerprint density at radius 2 is 1.62 bits per heavy atom. The van der Waals surface area contributed by atoms with Gasteiger partial charge in [0.15, 0.2) is 0 Å². The van der Waals surface area contributed by atoms with Gasteiger partial charge >= 0.3 is 0 Å². The summed E-state index contributed by atoms with van der Waals surface area (Å²) in [6, 6.07) is 14.8. The minimum Gasteiger partial charge on any atom is -0.280 e. The van der Waals surface area contributed by atoms with Crippen LogP contribution >= 0.6 is 11.6 Å². The van der Waals surface area contributed by atoms with Gasteiger partial charge in [-0.1, -0.05) is 23.7 Å². The Balaban J connectivity index is 1.95. The highest BCUT2D eigenvalue weighted by atomic mass is 35.5. The Morgan fingerprint density at radius 1 is 0.938 bits per heavy atom. The molecule has 0 saturated heterocycles. The van der Waals surface area contributed by atoms with Crippen LogP contribution in [0.2, 0.25) is 5.02 Å². The van der Waals surface area contributed by atoms with E-state index in [1.54, 1.807) is 6.07 Å². The van der Waals surface area contributed by atoms with Crippen LogP contribution in [0, 0.1) is 20.2 Å². The molecule has 0 unspecified atom stereocenters. The molecule has 0 atom stereocenters. The van der Waals surface area contributed by atoms with E-state index >= 15 is 0 Å². The van der Waals surface area contributed by atoms with Crippen molar-refractivity contribution in [1.82, 2.24) is 0 Å². The molecule has 0 fully saturated rings. The lowest BCUT2D eigenvalue weighted by molar-refractivity contribution is -0.385. The monoisotopic (exact) mass is 475 g/mol. The average molecular weight is 476 g/mol. The van der Waals surface area contributed by atoms with Crippen LogP contribution in [0.4, 0.5) is 22.7 Å². The topological polar surface area (TPSA) is 157 Å². The summed E-state index contributed by atoms with van der Waals surface area (Å²) in [5, 5.41) is 26.5. The van der Waals surface area contributed by atoms with Crippen LogP contribution < -0.4 is 10.1 Å². The van der Waals surface area contributed by atoms with Gasteiger partial charge in [0, 0.05) is 28.9 Å². The third-order valence-electron chi connectivity index (χ3n) is 4.08. The number of non-ortho nitro benzene ring substituents is 1. The van der Waals surface area contributed by atoms with Crippen LogP contribution in [0.3, 0.4) is 0 Å². The molecule has 3 aromatic carbocycles. The molecular weight excluding hydrogens is 462 g/mol. The van der Waals surface area contributed by atoms with Crippen molar-refractivity contribution in [2.24, 2.45) is 5.10 Å². The van der Waals surface area contributed by atoms with E-state index in [-0.39, 0.29) is 22.6 Å². The number of nitrogens with one attached hydrogen (secondary N) is 2. The number of nitro benzene ring substituents is 2. The predicted octanol–water partition coefficient (Wildman–Crippen LogP) is 4.40. The van der Waals surface area contributed by atoms with Gasteiger partial charge in [0.1, 0.15) is 4.90 Å². The number of halogens is 1. The molecule has 32 heavy (non-hydrogen) atoms. The fraction of sp³-hybridized carbons (Fsp3) is 0. The van der Waals surface area contributed by atoms with E-state index in [2.05, 4.69) is 15.2 Å². The molecule has 0 heterocycles. The van der Waals surface area contributed by atoms with Gasteiger partial charge in [0.05, 0.1) is 27.3 Å². The molecule has 0 aromatic heterocycles. The molecule has 0 aliphatic heterocycles. The molecule has 0 saturated carbocycles. The van der Waals surface area contributed by atoms with Gasteiger partial charge in [-0.15, -0.1) is 0 Å². The summed E-state index contributed by atoms with van der Waals surface area (Å²) in [6.45, 7) is 0. The zero-order valence-corrected chi connectivity index (χ0v) is 17.6. The van der Waals surface area contributed by atoms with Gasteiger partial charge in [0.25, 0.3) is 21.4 Å². The van der Waals surface area contributed by atoms with Gasteiger partial charge in [-0.3, -0.25) is 30.4 Å². The van der Waals surface area contributed by atoms with Crippen molar-refractivity contribution in [1.29, 1.82) is 0 Å². The number of nitro groups is 2. The highest BCUT2D eigenvalue weighted by Gasteiger charge is 2.23. The van der Waals surface area contributed by atoms with E-state index < -0.39 is 30.5 Å². The van der Waals surface area contributed by atoms with E-state index in [9.17, 15) is 28.6 Å². The number of nitrogens with zero attached hydrogens (tertiary/aromatic N) is 3. The first-order valence-electron chi connectivity index (χ1n) is 8.77. The predicted molar refractivity (Wildman–Crippen MR) is 120 cm³/mol. The molecule has 11 nitrogen and oxygen atoms in total. The summed E-state index contributed by atoms with van der Waals surface area (Å²) in [4.78, 5) is 20.5. The number of hydrogen-bond donors (Lipinski definition) is 2. The average Bonchev–Trinajstić information content (AvgIpc) is 2.75. The van der Waals surface area contributed by atoms with Crippen LogP contribution in [-0.4, -0.2) is 24.5 Å². The molecule has 0 aliphatic rings. The molecule has 13 heteroatoms. The fourth-order valence-corrected chi connectivity index (χ4v) is 3.96. The number of para-hydroxylation sites is 1. The number of benzene rings is 3. The second-order valence-corrected chi connectivity index (χ2v) is 8.32. The summed E-state index contributed by atoms with van der Waals surface area (Å²) in [5.74, 6) is 0. The maximum absolute atomic E-state index is 12.9. The van der Waals surface area contributed by atoms with E-state index in [4.69, 9.17) is 11.6 Å². The molecular formula is C19H14ClN5O6S. The lowest BCUT2D eigenvalue weighted by atomic mass is 10.2. The Kier molecular flexibility index (Phi) is 6.66. The molecule has 2 N–H and O–H groups in total. The summed E-state index contributed by atoms with van der Waals surface area (Å²) in [7, 11) is -4.27. The van der Waals surface area contributed by atoms with E-state index in [0.29, 0.717) is 5.02 Å². The smallest absolute Gasteiger partial charge is 0.278 e. The van der Waals surface area contributed by atoms with E-state index in [1.165, 1.54) is 48.5 Å². The fourth-order valence-electron chi connectivity index (χ4n) is 2.60. The SMILES string of the molecule is O=[N+]([O-])c1ccc(N/N=C/c2ccccc2[N+](=O)[O-])c(S(=O)(=O)Nc2ccc(Cl)cc2)c1. The van der Waals surface area contributed by atoms with Crippen molar-refractivity contribution in [3.63, 3.8) is 0 Å². The van der Waals surface area contributed by atoms with Crippen molar-refractivity contribution in [2.45, 2.75) is 4.90 Å². The second kappa shape index (κ2) is 9.41. The lowest BCUT2D eigenvalue weighted by Crippen LogP contribution is -2.15. The first kappa shape index (κ1) is 22.7. The van der Waals surface area contributed by atoms with Gasteiger partial charge < -0.3 is 0 Å². The normalized spacial score (nSPS) is 11.3. The van der Waals surface area contributed by atoms with Crippen LogP contribution in [0.15, 0.2) is 76.7 Å². The minimum absolute atomic E-state index is 0.0769. The second-order valence-electron chi connectivity index (χ2n) is 6.24. The van der Waals surface area contributed by atoms with Crippen molar-refractivity contribution >= 4 is 50.6 Å². The third-order valence-corrected chi connectivity index (χ3v) is 5.76. The van der Waals surface area contributed by atoms with Gasteiger partial charge in [0.2, 0.25) is 0 Å². The molecule has 3 aromatic rings. The van der Waals surface area contributed by atoms with Gasteiger partial charge in [-0.25, -0.2) is 8.42 Å². The maximum Gasteiger partial charge on any atom is 0.278 e. The number of anilines is 2. The van der Waals surface area contributed by atoms with Crippen LogP contribution in [0.1, 0.15) is 5.56 Å². The Morgan fingerprint density at radius 3 is 2.28 bits per heavy atom. The molecule has 0 spiro atoms. The minimum atomic E-state index is -4.27. The number of hydrogen-bond acceptors (Lipinski definition) is 8. The first-order chi connectivity index (χ1) is 15.2. The first-order valence-corrected chi connectivity index (χ1v) is 10.6. The third kappa shape index (κ3) is 5.36. The lowest BCUT2D eigenvalue weighted by Gasteiger charge is -2.12. The van der Waals surface area contributed by atoms with Crippen molar-refractivity contribution in [2.75, 3.05) is 10.1 Å². The molecule has 164 valence electrons. The van der Waals surface area contributed by atoms with Crippen LogP contribution in [0.5, 0.6) is 0 Å². The Bertz CT molecular complexity index is 1310. The summed E-state index contributed by atoms with van der Waals surface area (Å²) in [5.41, 5.74) is 2.12. The van der Waals surface area contributed by atoms with Crippen molar-refractivity contribution < 1.29 is 18.3 Å². The zero-order valence-electron chi connectivity index (χ0n) is 16.0. The Labute approximate surface area is 186 Å². The summed E-state index contributed by atoms with van der Waals surface area (Å²) < 4.78 is 28.1. The van der Waals surface area contributed by atoms with E-state index in [0.717, 1.165) is 18.3 Å². The van der Waals surface area contributed by atoms with Crippen molar-refractivity contribution in [3.8, 4) is 0 Å². The Hall–Kier alpha value is -4.03. The molecule has 0 aliphatic carbocycles. The number of sulfonamides is 1. The quantitative estimate of drug-likeness (QED) is 0.277. The highest BCUT2D eigenvalue weighted by Crippen LogP contribution is 2.29. The summed E-state index contributed by atoms with van der Waals surface area (Å²) >= 11 is 5.80. The van der Waals surface area contributed by atoms with Crippen LogP contribution in [-0.2, 0) is 10.0 Å². The molecule has 0 radical (unpaired) electrons. The van der Waals surface area contributed by atoms with Gasteiger partial charge in [-0.2, -0.15) is 5.10 Å². The van der Waals surface area contributed by atoms with Gasteiger partial charge in [-0.05, 0) is 36.4 Å². The molecule has 0 bridgehead atoms. The number of rotatable bonds is 8.